The van der Waals surface area contributed by atoms with Gasteiger partial charge in [0.2, 0.25) is 0 Å². The second-order valence-corrected chi connectivity index (χ2v) is 14.1. The van der Waals surface area contributed by atoms with Crippen LogP contribution in [0.3, 0.4) is 0 Å². The Balaban J connectivity index is 1.69. The van der Waals surface area contributed by atoms with E-state index in [-0.39, 0.29) is 47.6 Å². The van der Waals surface area contributed by atoms with Crippen molar-refractivity contribution in [2.24, 2.45) is 0 Å². The van der Waals surface area contributed by atoms with Crippen LogP contribution in [0.25, 0.3) is 11.3 Å². The summed E-state index contributed by atoms with van der Waals surface area (Å²) in [6.45, 7) is 5.53. The molecule has 1 saturated heterocycles. The number of methoxy groups -OCH3 is 1. The Labute approximate surface area is 239 Å². The van der Waals surface area contributed by atoms with Gasteiger partial charge in [-0.3, -0.25) is 4.72 Å². The Kier molecular flexibility index (Phi) is 8.50. The van der Waals surface area contributed by atoms with E-state index in [0.717, 1.165) is 3.97 Å². The molecule has 1 aliphatic heterocycles. The van der Waals surface area contributed by atoms with Crippen LogP contribution >= 0.6 is 0 Å². The van der Waals surface area contributed by atoms with Crippen molar-refractivity contribution in [3.05, 3.63) is 72.2 Å². The number of carbonyl (C=O) groups excluding carboxylic acids is 1. The Hall–Kier alpha value is -3.46. The average Bonchev–Trinajstić information content (AvgIpc) is 3.26. The van der Waals surface area contributed by atoms with Gasteiger partial charge in [-0.05, 0) is 62.7 Å². The van der Waals surface area contributed by atoms with E-state index < -0.39 is 37.7 Å². The number of anilines is 1. The minimum atomic E-state index is -4.35. The summed E-state index contributed by atoms with van der Waals surface area (Å²) in [5.41, 5.74) is -0.219. The van der Waals surface area contributed by atoms with Gasteiger partial charge in [0.15, 0.2) is 0 Å². The van der Waals surface area contributed by atoms with Crippen molar-refractivity contribution in [2.75, 3.05) is 32.0 Å². The number of rotatable bonds is 9. The zero-order valence-corrected chi connectivity index (χ0v) is 25.0. The largest absolute Gasteiger partial charge is 0.444 e. The number of halogens is 1. The third-order valence-electron chi connectivity index (χ3n) is 6.24. The van der Waals surface area contributed by atoms with Gasteiger partial charge >= 0.3 is 16.3 Å². The molecule has 41 heavy (non-hydrogen) atoms. The van der Waals surface area contributed by atoms with Crippen LogP contribution in [-0.2, 0) is 36.3 Å². The fraction of sp³-hybridized carbons (Fsp3) is 0.370. The third kappa shape index (κ3) is 6.89. The van der Waals surface area contributed by atoms with Gasteiger partial charge in [-0.1, -0.05) is 18.2 Å². The molecule has 4 rings (SSSR count). The van der Waals surface area contributed by atoms with Crippen molar-refractivity contribution in [2.45, 2.75) is 43.9 Å². The number of ether oxygens (including phenoxy) is 2. The van der Waals surface area contributed by atoms with Gasteiger partial charge in [-0.2, -0.15) is 12.7 Å². The summed E-state index contributed by atoms with van der Waals surface area (Å²) in [5, 5.41) is 0. The molecule has 0 radical (unpaired) electrons. The summed E-state index contributed by atoms with van der Waals surface area (Å²) in [6.07, 6.45) is 0.492. The smallest absolute Gasteiger partial charge is 0.410 e. The van der Waals surface area contributed by atoms with Crippen LogP contribution in [0.4, 0.5) is 14.9 Å². The maximum absolute atomic E-state index is 14.9. The molecule has 1 fully saturated rings. The molecule has 0 saturated carbocycles. The second-order valence-electron chi connectivity index (χ2n) is 10.7. The number of benzene rings is 2. The monoisotopic (exact) mass is 608 g/mol. The van der Waals surface area contributed by atoms with Crippen LogP contribution in [-0.4, -0.2) is 75.1 Å². The van der Waals surface area contributed by atoms with Crippen LogP contribution in [0.1, 0.15) is 26.3 Å². The molecule has 0 bridgehead atoms. The summed E-state index contributed by atoms with van der Waals surface area (Å²) in [5.74, 6) is -0.639. The molecule has 222 valence electrons. The summed E-state index contributed by atoms with van der Waals surface area (Å²) in [6, 6.07) is 12.6. The second kappa shape index (κ2) is 11.4. The molecule has 1 amide bonds. The number of aromatic nitrogens is 1. The standard InChI is InChI=1S/C27H33FN4O7S2/c1-27(2,3)39-26(33)30(4)15-19-13-25(23-11-6-7-12-24(23)28)32(16-19)40(34,35)22-10-8-9-20(14-22)29-41(36,37)31-17-21(18-31)38-5/h6-14,16,21,29H,15,17-18H2,1-5H3. The molecule has 0 unspecified atom stereocenters. The molecule has 1 aliphatic rings. The average molecular weight is 609 g/mol. The normalized spacial score (nSPS) is 14.9. The number of hydrogen-bond donors (Lipinski definition) is 1. The van der Waals surface area contributed by atoms with Gasteiger partial charge in [0.25, 0.3) is 10.0 Å². The maximum Gasteiger partial charge on any atom is 0.410 e. The van der Waals surface area contributed by atoms with Gasteiger partial charge in [-0.15, -0.1) is 0 Å². The summed E-state index contributed by atoms with van der Waals surface area (Å²) in [4.78, 5) is 13.6. The van der Waals surface area contributed by atoms with E-state index in [0.29, 0.717) is 5.56 Å². The molecule has 2 heterocycles. The first kappa shape index (κ1) is 30.5. The van der Waals surface area contributed by atoms with E-state index in [4.69, 9.17) is 9.47 Å². The third-order valence-corrected chi connectivity index (χ3v) is 9.38. The highest BCUT2D eigenvalue weighted by molar-refractivity contribution is 7.90. The molecule has 1 aromatic heterocycles. The Morgan fingerprint density at radius 2 is 1.76 bits per heavy atom. The fourth-order valence-electron chi connectivity index (χ4n) is 4.12. The van der Waals surface area contributed by atoms with Crippen molar-refractivity contribution in [3.63, 3.8) is 0 Å². The van der Waals surface area contributed by atoms with E-state index in [1.165, 1.54) is 78.1 Å². The molecular formula is C27H33FN4O7S2. The van der Waals surface area contributed by atoms with Crippen LogP contribution in [0.5, 0.6) is 0 Å². The molecule has 11 nitrogen and oxygen atoms in total. The molecular weight excluding hydrogens is 575 g/mol. The van der Waals surface area contributed by atoms with Gasteiger partial charge in [-0.25, -0.2) is 21.6 Å². The van der Waals surface area contributed by atoms with Gasteiger partial charge in [0.05, 0.1) is 28.9 Å². The van der Waals surface area contributed by atoms with Crippen LogP contribution < -0.4 is 4.72 Å². The van der Waals surface area contributed by atoms with Crippen LogP contribution in [0.15, 0.2) is 65.7 Å². The number of carbonyl (C=O) groups is 1. The van der Waals surface area contributed by atoms with Crippen molar-refractivity contribution in [1.82, 2.24) is 13.2 Å². The number of hydrogen-bond acceptors (Lipinski definition) is 7. The first-order valence-corrected chi connectivity index (χ1v) is 15.6. The predicted molar refractivity (Wildman–Crippen MR) is 151 cm³/mol. The Morgan fingerprint density at radius 3 is 2.39 bits per heavy atom. The van der Waals surface area contributed by atoms with Crippen LogP contribution in [0, 0.1) is 5.82 Å². The van der Waals surface area contributed by atoms with Crippen molar-refractivity contribution < 1.29 is 35.5 Å². The van der Waals surface area contributed by atoms with E-state index in [1.54, 1.807) is 26.8 Å². The first-order valence-electron chi connectivity index (χ1n) is 12.7. The summed E-state index contributed by atoms with van der Waals surface area (Å²) >= 11 is 0. The molecule has 1 N–H and O–H groups in total. The number of amides is 1. The molecule has 3 aromatic rings. The van der Waals surface area contributed by atoms with Crippen molar-refractivity contribution >= 4 is 32.0 Å². The van der Waals surface area contributed by atoms with Crippen molar-refractivity contribution in [3.8, 4) is 11.3 Å². The van der Waals surface area contributed by atoms with Gasteiger partial charge < -0.3 is 14.4 Å². The highest BCUT2D eigenvalue weighted by Crippen LogP contribution is 2.31. The Bertz CT molecular complexity index is 1640. The van der Waals surface area contributed by atoms with Gasteiger partial charge in [0, 0.05) is 39.0 Å². The number of nitrogens with zero attached hydrogens (tertiary/aromatic N) is 3. The predicted octanol–water partition coefficient (Wildman–Crippen LogP) is 3.89. The van der Waals surface area contributed by atoms with E-state index in [1.807, 2.05) is 0 Å². The summed E-state index contributed by atoms with van der Waals surface area (Å²) in [7, 11) is -5.29. The zero-order valence-electron chi connectivity index (χ0n) is 23.4. The minimum absolute atomic E-state index is 0.0168. The van der Waals surface area contributed by atoms with E-state index >= 15 is 0 Å². The number of nitrogens with one attached hydrogen (secondary N) is 1. The fourth-order valence-corrected chi connectivity index (χ4v) is 6.84. The minimum Gasteiger partial charge on any atom is -0.444 e. The molecule has 0 spiro atoms. The molecule has 2 aromatic carbocycles. The highest BCUT2D eigenvalue weighted by atomic mass is 32.2. The van der Waals surface area contributed by atoms with Gasteiger partial charge in [0.1, 0.15) is 11.4 Å². The lowest BCUT2D eigenvalue weighted by molar-refractivity contribution is 0.0128. The van der Waals surface area contributed by atoms with E-state index in [2.05, 4.69) is 4.72 Å². The van der Waals surface area contributed by atoms with E-state index in [9.17, 15) is 26.0 Å². The zero-order chi connectivity index (χ0) is 30.2. The molecule has 0 atom stereocenters. The Morgan fingerprint density at radius 1 is 1.07 bits per heavy atom. The SMILES string of the molecule is COC1CN(S(=O)(=O)Nc2cccc(S(=O)(=O)n3cc(CN(C)C(=O)OC(C)(C)C)cc3-c3ccccc3F)c2)C1. The van der Waals surface area contributed by atoms with Crippen LogP contribution in [0.2, 0.25) is 0 Å². The van der Waals surface area contributed by atoms with Crippen molar-refractivity contribution in [1.29, 1.82) is 0 Å². The highest BCUT2D eigenvalue weighted by Gasteiger charge is 2.36. The first-order chi connectivity index (χ1) is 19.1. The lowest BCUT2D eigenvalue weighted by atomic mass is 10.1. The lowest BCUT2D eigenvalue weighted by Gasteiger charge is -2.36. The lowest BCUT2D eigenvalue weighted by Crippen LogP contribution is -2.55. The quantitative estimate of drug-likeness (QED) is 0.391. The molecule has 0 aliphatic carbocycles. The topological polar surface area (TPSA) is 127 Å². The summed E-state index contributed by atoms with van der Waals surface area (Å²) < 4.78 is 83.1. The maximum atomic E-state index is 14.9. The molecule has 14 heteroatoms.